The first-order valence-electron chi connectivity index (χ1n) is 8.73. The average Bonchev–Trinajstić information content (AvgIpc) is 2.72. The van der Waals surface area contributed by atoms with Gasteiger partial charge in [-0.2, -0.15) is 0 Å². The van der Waals surface area contributed by atoms with Crippen molar-refractivity contribution in [2.75, 3.05) is 17.2 Å². The predicted molar refractivity (Wildman–Crippen MR) is 104 cm³/mol. The largest absolute Gasteiger partial charge is 0.492 e. The third-order valence-corrected chi connectivity index (χ3v) is 3.90. The summed E-state index contributed by atoms with van der Waals surface area (Å²) in [5, 5.41) is 4.85. The van der Waals surface area contributed by atoms with Crippen molar-refractivity contribution < 1.29 is 23.1 Å². The molecule has 0 aliphatic rings. The maximum atomic E-state index is 13.7. The fourth-order valence-electron chi connectivity index (χ4n) is 2.54. The van der Waals surface area contributed by atoms with Gasteiger partial charge in [-0.05, 0) is 37.3 Å². The number of anilines is 2. The van der Waals surface area contributed by atoms with E-state index in [0.717, 1.165) is 12.1 Å². The maximum absolute atomic E-state index is 13.7. The predicted octanol–water partition coefficient (Wildman–Crippen LogP) is 4.26. The molecule has 148 valence electrons. The number of hydrogen-bond acceptors (Lipinski definition) is 4. The van der Waals surface area contributed by atoms with Crippen molar-refractivity contribution in [3.8, 4) is 5.75 Å². The quantitative estimate of drug-likeness (QED) is 0.651. The number of carbonyl (C=O) groups is 2. The molecule has 0 spiro atoms. The van der Waals surface area contributed by atoms with Crippen LogP contribution >= 0.6 is 0 Å². The van der Waals surface area contributed by atoms with Crippen LogP contribution in [-0.2, 0) is 0 Å². The zero-order chi connectivity index (χ0) is 20.8. The van der Waals surface area contributed by atoms with E-state index in [0.29, 0.717) is 18.0 Å². The Kier molecular flexibility index (Phi) is 6.13. The van der Waals surface area contributed by atoms with Gasteiger partial charge in [-0.25, -0.2) is 8.78 Å². The lowest BCUT2D eigenvalue weighted by Gasteiger charge is -2.12. The standard InChI is InChI=1S/C21H17F2N3O3/c1-2-29-18-9-4-3-8-17(18)25-20(27)13-10-14(12-24-11-13)21(28)26-19-15(22)6-5-7-16(19)23/h3-12H,2H2,1H3,(H,25,27)(H,26,28). The molecule has 0 radical (unpaired) electrons. The van der Waals surface area contributed by atoms with Gasteiger partial charge in [-0.3, -0.25) is 14.6 Å². The van der Waals surface area contributed by atoms with E-state index in [2.05, 4.69) is 15.6 Å². The number of rotatable bonds is 6. The Morgan fingerprint density at radius 1 is 0.931 bits per heavy atom. The molecule has 0 saturated heterocycles. The molecule has 29 heavy (non-hydrogen) atoms. The highest BCUT2D eigenvalue weighted by Crippen LogP contribution is 2.24. The van der Waals surface area contributed by atoms with E-state index in [-0.39, 0.29) is 11.1 Å². The van der Waals surface area contributed by atoms with Crippen LogP contribution in [0.1, 0.15) is 27.6 Å². The topological polar surface area (TPSA) is 80.3 Å². The van der Waals surface area contributed by atoms with Crippen molar-refractivity contribution >= 4 is 23.2 Å². The van der Waals surface area contributed by atoms with Crippen molar-refractivity contribution in [1.82, 2.24) is 4.98 Å². The van der Waals surface area contributed by atoms with E-state index in [1.807, 2.05) is 6.92 Å². The first-order valence-corrected chi connectivity index (χ1v) is 8.73. The number of aromatic nitrogens is 1. The molecule has 2 N–H and O–H groups in total. The zero-order valence-corrected chi connectivity index (χ0v) is 15.4. The van der Waals surface area contributed by atoms with Gasteiger partial charge in [0.15, 0.2) is 0 Å². The summed E-state index contributed by atoms with van der Waals surface area (Å²) in [6.45, 7) is 2.25. The highest BCUT2D eigenvalue weighted by molar-refractivity contribution is 6.08. The van der Waals surface area contributed by atoms with Gasteiger partial charge in [0, 0.05) is 12.4 Å². The van der Waals surface area contributed by atoms with Crippen molar-refractivity contribution in [3.05, 3.63) is 83.7 Å². The van der Waals surface area contributed by atoms with Gasteiger partial charge in [-0.1, -0.05) is 18.2 Å². The van der Waals surface area contributed by atoms with Gasteiger partial charge < -0.3 is 15.4 Å². The van der Waals surface area contributed by atoms with Crippen molar-refractivity contribution in [3.63, 3.8) is 0 Å². The first kappa shape index (κ1) is 19.9. The molecule has 1 heterocycles. The monoisotopic (exact) mass is 397 g/mol. The molecular weight excluding hydrogens is 380 g/mol. The smallest absolute Gasteiger partial charge is 0.257 e. The third kappa shape index (κ3) is 4.73. The van der Waals surface area contributed by atoms with E-state index in [4.69, 9.17) is 4.74 Å². The van der Waals surface area contributed by atoms with Crippen LogP contribution in [0, 0.1) is 11.6 Å². The Balaban J connectivity index is 1.79. The van der Waals surface area contributed by atoms with Crippen LogP contribution in [0.15, 0.2) is 60.9 Å². The highest BCUT2D eigenvalue weighted by atomic mass is 19.1. The molecule has 0 bridgehead atoms. The zero-order valence-electron chi connectivity index (χ0n) is 15.4. The van der Waals surface area contributed by atoms with E-state index in [1.54, 1.807) is 24.3 Å². The van der Waals surface area contributed by atoms with E-state index in [9.17, 15) is 18.4 Å². The molecule has 2 amide bonds. The minimum Gasteiger partial charge on any atom is -0.492 e. The lowest BCUT2D eigenvalue weighted by atomic mass is 10.1. The second-order valence-electron chi connectivity index (χ2n) is 5.90. The number of benzene rings is 2. The highest BCUT2D eigenvalue weighted by Gasteiger charge is 2.16. The van der Waals surface area contributed by atoms with Crippen LogP contribution in [0.25, 0.3) is 0 Å². The summed E-state index contributed by atoms with van der Waals surface area (Å²) in [6, 6.07) is 11.4. The maximum Gasteiger partial charge on any atom is 0.257 e. The van der Waals surface area contributed by atoms with Crippen LogP contribution in [-0.4, -0.2) is 23.4 Å². The van der Waals surface area contributed by atoms with Crippen molar-refractivity contribution in [2.45, 2.75) is 6.92 Å². The number of carbonyl (C=O) groups excluding carboxylic acids is 2. The minimum atomic E-state index is -0.910. The molecular formula is C21H17F2N3O3. The van der Waals surface area contributed by atoms with Crippen LogP contribution in [0.4, 0.5) is 20.2 Å². The molecule has 0 aliphatic carbocycles. The molecule has 1 aromatic heterocycles. The number of nitrogens with zero attached hydrogens (tertiary/aromatic N) is 1. The van der Waals surface area contributed by atoms with E-state index < -0.39 is 29.1 Å². The first-order chi connectivity index (χ1) is 14.0. The Bertz CT molecular complexity index is 1040. The SMILES string of the molecule is CCOc1ccccc1NC(=O)c1cncc(C(=O)Nc2c(F)cccc2F)c1. The van der Waals surface area contributed by atoms with Gasteiger partial charge in [0.2, 0.25) is 0 Å². The normalized spacial score (nSPS) is 10.3. The lowest BCUT2D eigenvalue weighted by molar-refractivity contribution is 0.102. The summed E-state index contributed by atoms with van der Waals surface area (Å²) < 4.78 is 32.9. The fourth-order valence-corrected chi connectivity index (χ4v) is 2.54. The number of halogens is 2. The van der Waals surface area contributed by atoms with Gasteiger partial charge in [-0.15, -0.1) is 0 Å². The molecule has 8 heteroatoms. The molecule has 0 atom stereocenters. The Morgan fingerprint density at radius 2 is 1.55 bits per heavy atom. The summed E-state index contributed by atoms with van der Waals surface area (Å²) >= 11 is 0. The summed E-state index contributed by atoms with van der Waals surface area (Å²) in [7, 11) is 0. The van der Waals surface area contributed by atoms with Gasteiger partial charge in [0.05, 0.1) is 23.4 Å². The molecule has 0 aliphatic heterocycles. The summed E-state index contributed by atoms with van der Waals surface area (Å²) in [4.78, 5) is 28.8. The number of nitrogens with one attached hydrogen (secondary N) is 2. The minimum absolute atomic E-state index is 0.0293. The summed E-state index contributed by atoms with van der Waals surface area (Å²) in [6.07, 6.45) is 2.47. The van der Waals surface area contributed by atoms with E-state index in [1.165, 1.54) is 24.5 Å². The molecule has 0 fully saturated rings. The molecule has 3 rings (SSSR count). The van der Waals surface area contributed by atoms with Gasteiger partial charge >= 0.3 is 0 Å². The second-order valence-corrected chi connectivity index (χ2v) is 5.90. The average molecular weight is 397 g/mol. The summed E-state index contributed by atoms with van der Waals surface area (Å²) in [5.41, 5.74) is -0.0445. The summed E-state index contributed by atoms with van der Waals surface area (Å²) in [5.74, 6) is -2.64. The molecule has 6 nitrogen and oxygen atoms in total. The Hall–Kier alpha value is -3.81. The number of hydrogen-bond donors (Lipinski definition) is 2. The van der Waals surface area contributed by atoms with Crippen LogP contribution < -0.4 is 15.4 Å². The number of para-hydroxylation sites is 3. The second kappa shape index (κ2) is 8.92. The third-order valence-electron chi connectivity index (χ3n) is 3.90. The van der Waals surface area contributed by atoms with E-state index >= 15 is 0 Å². The molecule has 2 aromatic carbocycles. The van der Waals surface area contributed by atoms with Crippen LogP contribution in [0.3, 0.4) is 0 Å². The van der Waals surface area contributed by atoms with Gasteiger partial charge in [0.1, 0.15) is 23.1 Å². The Labute approximate surface area is 165 Å². The molecule has 3 aromatic rings. The van der Waals surface area contributed by atoms with Crippen molar-refractivity contribution in [1.29, 1.82) is 0 Å². The number of amides is 2. The van der Waals surface area contributed by atoms with Crippen molar-refractivity contribution in [2.24, 2.45) is 0 Å². The fraction of sp³-hybridized carbons (Fsp3) is 0.0952. The van der Waals surface area contributed by atoms with Gasteiger partial charge in [0.25, 0.3) is 11.8 Å². The number of pyridine rings is 1. The lowest BCUT2D eigenvalue weighted by Crippen LogP contribution is -2.17. The van der Waals surface area contributed by atoms with Crippen LogP contribution in [0.5, 0.6) is 5.75 Å². The molecule has 0 saturated carbocycles. The molecule has 0 unspecified atom stereocenters. The number of ether oxygens (including phenoxy) is 1. The Morgan fingerprint density at radius 3 is 2.21 bits per heavy atom. The van der Waals surface area contributed by atoms with Crippen LogP contribution in [0.2, 0.25) is 0 Å².